The van der Waals surface area contributed by atoms with Crippen LogP contribution >= 0.6 is 0 Å². The van der Waals surface area contributed by atoms with Gasteiger partial charge in [0, 0.05) is 6.54 Å². The van der Waals surface area contributed by atoms with E-state index in [0.717, 1.165) is 35.1 Å². The second kappa shape index (κ2) is 4.23. The Morgan fingerprint density at radius 3 is 2.89 bits per heavy atom. The molecule has 1 atom stereocenters. The highest BCUT2D eigenvalue weighted by Crippen LogP contribution is 2.40. The van der Waals surface area contributed by atoms with Gasteiger partial charge in [0.05, 0.1) is 17.6 Å². The van der Waals surface area contributed by atoms with Crippen molar-refractivity contribution in [3.63, 3.8) is 0 Å². The van der Waals surface area contributed by atoms with Gasteiger partial charge in [-0.25, -0.2) is 14.6 Å². The zero-order chi connectivity index (χ0) is 12.7. The zero-order valence-corrected chi connectivity index (χ0v) is 11.1. The lowest BCUT2D eigenvalue weighted by atomic mass is 10.2. The summed E-state index contributed by atoms with van der Waals surface area (Å²) in [5, 5.41) is 8.82. The van der Waals surface area contributed by atoms with Crippen LogP contribution in [0.15, 0.2) is 6.20 Å². The fraction of sp³-hybridized carbons (Fsp3) is 0.615. The van der Waals surface area contributed by atoms with Crippen molar-refractivity contribution < 1.29 is 0 Å². The topological polar surface area (TPSA) is 55.6 Å². The minimum absolute atomic E-state index is 0.436. The first-order valence-electron chi connectivity index (χ1n) is 6.66. The Morgan fingerprint density at radius 2 is 2.22 bits per heavy atom. The largest absolute Gasteiger partial charge is 0.370 e. The van der Waals surface area contributed by atoms with E-state index in [0.29, 0.717) is 6.04 Å². The highest BCUT2D eigenvalue weighted by atomic mass is 15.3. The molecule has 18 heavy (non-hydrogen) atoms. The maximum Gasteiger partial charge on any atom is 0.163 e. The van der Waals surface area contributed by atoms with Crippen molar-refractivity contribution in [2.45, 2.75) is 39.7 Å². The SMILES string of the molecule is CCNc1nc(C)nc2c1cnn2C(C)C1CC1. The average molecular weight is 245 g/mol. The maximum atomic E-state index is 4.56. The van der Waals surface area contributed by atoms with E-state index in [1.807, 2.05) is 13.1 Å². The Balaban J connectivity index is 2.11. The standard InChI is InChI=1S/C13H19N5/c1-4-14-12-11-7-15-18(8(2)10-5-6-10)13(11)17-9(3)16-12/h7-8,10H,4-6H2,1-3H3,(H,14,16,17). The number of aryl methyl sites for hydroxylation is 1. The highest BCUT2D eigenvalue weighted by molar-refractivity contribution is 5.86. The zero-order valence-electron chi connectivity index (χ0n) is 11.1. The lowest BCUT2D eigenvalue weighted by Crippen LogP contribution is -2.10. The predicted octanol–water partition coefficient (Wildman–Crippen LogP) is 2.54. The van der Waals surface area contributed by atoms with E-state index >= 15 is 0 Å². The number of nitrogens with one attached hydrogen (secondary N) is 1. The lowest BCUT2D eigenvalue weighted by Gasteiger charge is -2.12. The van der Waals surface area contributed by atoms with Crippen LogP contribution < -0.4 is 5.32 Å². The smallest absolute Gasteiger partial charge is 0.163 e. The first-order chi connectivity index (χ1) is 8.70. The van der Waals surface area contributed by atoms with Gasteiger partial charge in [0.25, 0.3) is 0 Å². The molecule has 0 saturated heterocycles. The molecule has 96 valence electrons. The molecule has 0 spiro atoms. The summed E-state index contributed by atoms with van der Waals surface area (Å²) < 4.78 is 2.06. The molecular weight excluding hydrogens is 226 g/mol. The van der Waals surface area contributed by atoms with Crippen molar-refractivity contribution in [2.24, 2.45) is 5.92 Å². The van der Waals surface area contributed by atoms with Gasteiger partial charge in [0.15, 0.2) is 5.65 Å². The Labute approximate surface area is 107 Å². The molecule has 2 aromatic rings. The van der Waals surface area contributed by atoms with E-state index in [2.05, 4.69) is 38.9 Å². The van der Waals surface area contributed by atoms with Gasteiger partial charge in [-0.15, -0.1) is 0 Å². The van der Waals surface area contributed by atoms with Crippen LogP contribution in [-0.4, -0.2) is 26.3 Å². The monoisotopic (exact) mass is 245 g/mol. The molecule has 2 aromatic heterocycles. The fourth-order valence-electron chi connectivity index (χ4n) is 2.41. The number of fused-ring (bicyclic) bond motifs is 1. The quantitative estimate of drug-likeness (QED) is 0.899. The Hall–Kier alpha value is -1.65. The van der Waals surface area contributed by atoms with E-state index in [4.69, 9.17) is 0 Å². The summed E-state index contributed by atoms with van der Waals surface area (Å²) in [6.07, 6.45) is 4.50. The summed E-state index contributed by atoms with van der Waals surface area (Å²) in [5.74, 6) is 2.46. The molecule has 0 radical (unpaired) electrons. The predicted molar refractivity (Wildman–Crippen MR) is 71.7 cm³/mol. The van der Waals surface area contributed by atoms with E-state index in [1.165, 1.54) is 12.8 Å². The van der Waals surface area contributed by atoms with Gasteiger partial charge < -0.3 is 5.32 Å². The molecule has 1 N–H and O–H groups in total. The second-order valence-corrected chi connectivity index (χ2v) is 5.05. The van der Waals surface area contributed by atoms with Crippen LogP contribution in [0.5, 0.6) is 0 Å². The van der Waals surface area contributed by atoms with Gasteiger partial charge in [-0.1, -0.05) is 0 Å². The van der Waals surface area contributed by atoms with Crippen LogP contribution in [0.4, 0.5) is 5.82 Å². The van der Waals surface area contributed by atoms with Crippen molar-refractivity contribution in [1.29, 1.82) is 0 Å². The van der Waals surface area contributed by atoms with E-state index in [1.54, 1.807) is 0 Å². The molecule has 5 heteroatoms. The Morgan fingerprint density at radius 1 is 1.44 bits per heavy atom. The number of nitrogens with zero attached hydrogens (tertiary/aromatic N) is 4. The Bertz CT molecular complexity index is 570. The minimum Gasteiger partial charge on any atom is -0.370 e. The van der Waals surface area contributed by atoms with Crippen LogP contribution in [-0.2, 0) is 0 Å². The normalized spacial score (nSPS) is 17.1. The summed E-state index contributed by atoms with van der Waals surface area (Å²) >= 11 is 0. The van der Waals surface area contributed by atoms with E-state index in [-0.39, 0.29) is 0 Å². The molecule has 0 aromatic carbocycles. The molecule has 1 saturated carbocycles. The van der Waals surface area contributed by atoms with Crippen molar-refractivity contribution in [3.8, 4) is 0 Å². The molecule has 1 unspecified atom stereocenters. The third-order valence-electron chi connectivity index (χ3n) is 3.60. The summed E-state index contributed by atoms with van der Waals surface area (Å²) in [6.45, 7) is 7.09. The van der Waals surface area contributed by atoms with Gasteiger partial charge in [-0.05, 0) is 39.5 Å². The fourth-order valence-corrected chi connectivity index (χ4v) is 2.41. The number of hydrogen-bond donors (Lipinski definition) is 1. The number of aromatic nitrogens is 4. The molecule has 1 aliphatic rings. The minimum atomic E-state index is 0.436. The summed E-state index contributed by atoms with van der Waals surface area (Å²) in [7, 11) is 0. The molecule has 3 rings (SSSR count). The molecule has 1 fully saturated rings. The first kappa shape index (κ1) is 11.4. The summed E-state index contributed by atoms with van der Waals surface area (Å²) in [5.41, 5.74) is 0.956. The molecular formula is C13H19N5. The molecule has 0 aliphatic heterocycles. The molecule has 2 heterocycles. The molecule has 0 amide bonds. The van der Waals surface area contributed by atoms with Gasteiger partial charge in [-0.2, -0.15) is 5.10 Å². The van der Waals surface area contributed by atoms with Gasteiger partial charge in [0.2, 0.25) is 0 Å². The molecule has 1 aliphatic carbocycles. The van der Waals surface area contributed by atoms with Crippen molar-refractivity contribution in [3.05, 3.63) is 12.0 Å². The van der Waals surface area contributed by atoms with Crippen molar-refractivity contribution in [1.82, 2.24) is 19.7 Å². The van der Waals surface area contributed by atoms with Crippen LogP contribution in [0.3, 0.4) is 0 Å². The lowest BCUT2D eigenvalue weighted by molar-refractivity contribution is 0.450. The van der Waals surface area contributed by atoms with Crippen LogP contribution in [0.25, 0.3) is 11.0 Å². The van der Waals surface area contributed by atoms with Gasteiger partial charge in [-0.3, -0.25) is 0 Å². The van der Waals surface area contributed by atoms with Gasteiger partial charge in [0.1, 0.15) is 11.6 Å². The summed E-state index contributed by atoms with van der Waals surface area (Å²) in [6, 6.07) is 0.436. The van der Waals surface area contributed by atoms with Crippen LogP contribution in [0, 0.1) is 12.8 Å². The van der Waals surface area contributed by atoms with Crippen LogP contribution in [0.2, 0.25) is 0 Å². The number of rotatable bonds is 4. The summed E-state index contributed by atoms with van der Waals surface area (Å²) in [4.78, 5) is 9.01. The molecule has 0 bridgehead atoms. The van der Waals surface area contributed by atoms with Crippen LogP contribution in [0.1, 0.15) is 38.6 Å². The average Bonchev–Trinajstić information content (AvgIpc) is 3.09. The van der Waals surface area contributed by atoms with E-state index < -0.39 is 0 Å². The number of anilines is 1. The Kier molecular flexibility index (Phi) is 2.69. The number of hydrogen-bond acceptors (Lipinski definition) is 4. The third-order valence-corrected chi connectivity index (χ3v) is 3.60. The first-order valence-corrected chi connectivity index (χ1v) is 6.66. The van der Waals surface area contributed by atoms with Crippen molar-refractivity contribution in [2.75, 3.05) is 11.9 Å². The highest BCUT2D eigenvalue weighted by Gasteiger charge is 2.31. The third kappa shape index (κ3) is 1.83. The van der Waals surface area contributed by atoms with Gasteiger partial charge >= 0.3 is 0 Å². The maximum absolute atomic E-state index is 4.56. The molecule has 5 nitrogen and oxygen atoms in total. The van der Waals surface area contributed by atoms with Crippen molar-refractivity contribution >= 4 is 16.9 Å². The second-order valence-electron chi connectivity index (χ2n) is 5.05. The van der Waals surface area contributed by atoms with E-state index in [9.17, 15) is 0 Å².